The summed E-state index contributed by atoms with van der Waals surface area (Å²) >= 11 is 0. The van der Waals surface area contributed by atoms with E-state index >= 15 is 0 Å². The molecule has 2 rings (SSSR count). The van der Waals surface area contributed by atoms with E-state index in [2.05, 4.69) is 5.32 Å². The van der Waals surface area contributed by atoms with Crippen LogP contribution in [-0.2, 0) is 14.3 Å². The van der Waals surface area contributed by atoms with Gasteiger partial charge in [-0.3, -0.25) is 9.59 Å². The fourth-order valence-corrected chi connectivity index (χ4v) is 2.12. The Morgan fingerprint density at radius 3 is 2.60 bits per heavy atom. The maximum atomic E-state index is 11.7. The number of nitrogens with one attached hydrogen (secondary N) is 1. The second-order valence-corrected chi connectivity index (χ2v) is 5.58. The summed E-state index contributed by atoms with van der Waals surface area (Å²) in [6.07, 6.45) is 4.87. The SMILES string of the molecule is CN(C)C(=O)C[C@H]1C=C[C@@H](NC(=O)C2CC2)[C@@H](CO)O1. The van der Waals surface area contributed by atoms with Gasteiger partial charge < -0.3 is 20.1 Å². The van der Waals surface area contributed by atoms with Gasteiger partial charge in [-0.25, -0.2) is 0 Å². The maximum absolute atomic E-state index is 11.7. The number of aliphatic hydroxyl groups is 1. The number of rotatable bonds is 5. The molecule has 6 nitrogen and oxygen atoms in total. The van der Waals surface area contributed by atoms with Crippen LogP contribution in [-0.4, -0.2) is 60.8 Å². The molecule has 0 aromatic carbocycles. The smallest absolute Gasteiger partial charge is 0.224 e. The highest BCUT2D eigenvalue weighted by atomic mass is 16.5. The van der Waals surface area contributed by atoms with Crippen molar-refractivity contribution in [3.63, 3.8) is 0 Å². The summed E-state index contributed by atoms with van der Waals surface area (Å²) in [6.45, 7) is -0.188. The zero-order valence-electron chi connectivity index (χ0n) is 11.9. The van der Waals surface area contributed by atoms with E-state index in [0.717, 1.165) is 12.8 Å². The van der Waals surface area contributed by atoms with Crippen LogP contribution < -0.4 is 5.32 Å². The molecule has 112 valence electrons. The zero-order chi connectivity index (χ0) is 14.7. The molecule has 1 fully saturated rings. The number of hydrogen-bond acceptors (Lipinski definition) is 4. The summed E-state index contributed by atoms with van der Waals surface area (Å²) in [5.74, 6) is 0.108. The molecule has 1 aliphatic heterocycles. The van der Waals surface area contributed by atoms with Gasteiger partial charge in [-0.1, -0.05) is 12.2 Å². The first-order valence-electron chi connectivity index (χ1n) is 6.96. The fraction of sp³-hybridized carbons (Fsp3) is 0.714. The third-order valence-electron chi connectivity index (χ3n) is 3.59. The molecule has 2 N–H and O–H groups in total. The Morgan fingerprint density at radius 2 is 2.05 bits per heavy atom. The molecule has 0 aromatic heterocycles. The van der Waals surface area contributed by atoms with Crippen molar-refractivity contribution >= 4 is 11.8 Å². The van der Waals surface area contributed by atoms with E-state index in [9.17, 15) is 14.7 Å². The monoisotopic (exact) mass is 282 g/mol. The Balaban J connectivity index is 1.91. The van der Waals surface area contributed by atoms with Crippen LogP contribution >= 0.6 is 0 Å². The van der Waals surface area contributed by atoms with Gasteiger partial charge in [0, 0.05) is 20.0 Å². The van der Waals surface area contributed by atoms with E-state index in [1.165, 1.54) is 4.90 Å². The van der Waals surface area contributed by atoms with E-state index in [1.54, 1.807) is 20.2 Å². The summed E-state index contributed by atoms with van der Waals surface area (Å²) in [6, 6.07) is -0.321. The topological polar surface area (TPSA) is 78.9 Å². The molecular formula is C14H22N2O4. The normalized spacial score (nSPS) is 29.1. The van der Waals surface area contributed by atoms with E-state index in [1.807, 2.05) is 6.08 Å². The molecule has 0 spiro atoms. The molecule has 0 bridgehead atoms. The highest BCUT2D eigenvalue weighted by Crippen LogP contribution is 2.29. The molecule has 0 radical (unpaired) electrons. The lowest BCUT2D eigenvalue weighted by atomic mass is 10.0. The average Bonchev–Trinajstić information content (AvgIpc) is 3.24. The zero-order valence-corrected chi connectivity index (χ0v) is 11.9. The van der Waals surface area contributed by atoms with Gasteiger partial charge >= 0.3 is 0 Å². The largest absolute Gasteiger partial charge is 0.394 e. The summed E-state index contributed by atoms with van der Waals surface area (Å²) in [5.41, 5.74) is 0. The Bertz CT molecular complexity index is 404. The first kappa shape index (κ1) is 15.0. The van der Waals surface area contributed by atoms with E-state index in [-0.39, 0.29) is 42.9 Å². The fourth-order valence-electron chi connectivity index (χ4n) is 2.12. The number of carbonyl (C=O) groups is 2. The minimum atomic E-state index is -0.498. The quantitative estimate of drug-likeness (QED) is 0.677. The van der Waals surface area contributed by atoms with Crippen molar-refractivity contribution in [2.75, 3.05) is 20.7 Å². The number of ether oxygens (including phenoxy) is 1. The van der Waals surface area contributed by atoms with E-state index in [4.69, 9.17) is 4.74 Å². The predicted molar refractivity (Wildman–Crippen MR) is 72.9 cm³/mol. The second-order valence-electron chi connectivity index (χ2n) is 5.58. The lowest BCUT2D eigenvalue weighted by Crippen LogP contribution is -2.49. The Kier molecular flexibility index (Phi) is 4.77. The van der Waals surface area contributed by atoms with Gasteiger partial charge in [0.1, 0.15) is 6.10 Å². The molecular weight excluding hydrogens is 260 g/mol. The lowest BCUT2D eigenvalue weighted by Gasteiger charge is -2.32. The highest BCUT2D eigenvalue weighted by Gasteiger charge is 2.34. The van der Waals surface area contributed by atoms with Crippen LogP contribution in [0.1, 0.15) is 19.3 Å². The first-order chi connectivity index (χ1) is 9.51. The number of nitrogens with zero attached hydrogens (tertiary/aromatic N) is 1. The average molecular weight is 282 g/mol. The Morgan fingerprint density at radius 1 is 1.35 bits per heavy atom. The Labute approximate surface area is 118 Å². The summed E-state index contributed by atoms with van der Waals surface area (Å²) in [4.78, 5) is 24.9. The molecule has 0 unspecified atom stereocenters. The van der Waals surface area contributed by atoms with E-state index < -0.39 is 6.10 Å². The third-order valence-corrected chi connectivity index (χ3v) is 3.59. The molecule has 1 saturated carbocycles. The second kappa shape index (κ2) is 6.37. The maximum Gasteiger partial charge on any atom is 0.224 e. The van der Waals surface area contributed by atoms with Gasteiger partial charge in [0.05, 0.1) is 25.2 Å². The predicted octanol–water partition coefficient (Wildman–Crippen LogP) is -0.325. The molecule has 3 atom stereocenters. The molecule has 1 aliphatic carbocycles. The number of amides is 2. The van der Waals surface area contributed by atoms with Crippen LogP contribution in [0.2, 0.25) is 0 Å². The number of hydrogen-bond donors (Lipinski definition) is 2. The van der Waals surface area contributed by atoms with Crippen LogP contribution in [0, 0.1) is 5.92 Å². The van der Waals surface area contributed by atoms with Gasteiger partial charge in [0.15, 0.2) is 0 Å². The van der Waals surface area contributed by atoms with Crippen LogP contribution in [0.25, 0.3) is 0 Å². The third kappa shape index (κ3) is 3.80. The summed E-state index contributed by atoms with van der Waals surface area (Å²) < 4.78 is 5.67. The van der Waals surface area contributed by atoms with Crippen LogP contribution in [0.5, 0.6) is 0 Å². The van der Waals surface area contributed by atoms with Crippen molar-refractivity contribution in [3.8, 4) is 0 Å². The van der Waals surface area contributed by atoms with Crippen molar-refractivity contribution in [1.29, 1.82) is 0 Å². The molecule has 2 aliphatic rings. The van der Waals surface area contributed by atoms with E-state index in [0.29, 0.717) is 0 Å². The van der Waals surface area contributed by atoms with Crippen molar-refractivity contribution in [2.24, 2.45) is 5.92 Å². The molecule has 0 saturated heterocycles. The first-order valence-corrected chi connectivity index (χ1v) is 6.96. The molecule has 1 heterocycles. The molecule has 20 heavy (non-hydrogen) atoms. The molecule has 0 aromatic rings. The standard InChI is InChI=1S/C14H22N2O4/c1-16(2)13(18)7-10-5-6-11(12(8-17)20-10)15-14(19)9-3-4-9/h5-6,9-12,17H,3-4,7-8H2,1-2H3,(H,15,19)/t10-,11-,12-/m1/s1. The Hall–Kier alpha value is -1.40. The molecule has 2 amide bonds. The molecule has 6 heteroatoms. The number of aliphatic hydroxyl groups excluding tert-OH is 1. The van der Waals surface area contributed by atoms with Crippen LogP contribution in [0.15, 0.2) is 12.2 Å². The van der Waals surface area contributed by atoms with Crippen molar-refractivity contribution in [2.45, 2.75) is 37.5 Å². The van der Waals surface area contributed by atoms with Crippen molar-refractivity contribution in [1.82, 2.24) is 10.2 Å². The van der Waals surface area contributed by atoms with Crippen LogP contribution in [0.3, 0.4) is 0 Å². The highest BCUT2D eigenvalue weighted by molar-refractivity contribution is 5.81. The van der Waals surface area contributed by atoms with Crippen LogP contribution in [0.4, 0.5) is 0 Å². The minimum absolute atomic E-state index is 0.0181. The minimum Gasteiger partial charge on any atom is -0.394 e. The van der Waals surface area contributed by atoms with Gasteiger partial charge in [-0.05, 0) is 12.8 Å². The van der Waals surface area contributed by atoms with Gasteiger partial charge in [-0.2, -0.15) is 0 Å². The lowest BCUT2D eigenvalue weighted by molar-refractivity contribution is -0.134. The summed E-state index contributed by atoms with van der Waals surface area (Å²) in [7, 11) is 3.38. The number of carbonyl (C=O) groups excluding carboxylic acids is 2. The van der Waals surface area contributed by atoms with Crippen molar-refractivity contribution < 1.29 is 19.4 Å². The van der Waals surface area contributed by atoms with Gasteiger partial charge in [-0.15, -0.1) is 0 Å². The van der Waals surface area contributed by atoms with Gasteiger partial charge in [0.25, 0.3) is 0 Å². The van der Waals surface area contributed by atoms with Crippen molar-refractivity contribution in [3.05, 3.63) is 12.2 Å². The van der Waals surface area contributed by atoms with Gasteiger partial charge in [0.2, 0.25) is 11.8 Å². The summed E-state index contributed by atoms with van der Waals surface area (Å²) in [5, 5.41) is 12.3.